The molecule has 0 aliphatic heterocycles. The Morgan fingerprint density at radius 1 is 1.50 bits per heavy atom. The molecule has 5 nitrogen and oxygen atoms in total. The summed E-state index contributed by atoms with van der Waals surface area (Å²) >= 11 is 0. The van der Waals surface area contributed by atoms with E-state index in [0.29, 0.717) is 12.1 Å². The first kappa shape index (κ1) is 12.1. The minimum atomic E-state index is -0.120. The molecule has 0 saturated carbocycles. The average molecular weight is 218 g/mol. The van der Waals surface area contributed by atoms with Crippen molar-refractivity contribution in [3.8, 4) is 0 Å². The number of hydrogen-bond acceptors (Lipinski definition) is 2. The van der Waals surface area contributed by atoms with Crippen LogP contribution in [0.2, 0.25) is 0 Å². The third-order valence-corrected chi connectivity index (χ3v) is 2.10. The van der Waals surface area contributed by atoms with Gasteiger partial charge in [-0.05, 0) is 23.6 Å². The molecule has 5 heteroatoms. The van der Waals surface area contributed by atoms with Crippen molar-refractivity contribution in [2.75, 3.05) is 6.54 Å². The lowest BCUT2D eigenvalue weighted by atomic mass is 10.1. The van der Waals surface area contributed by atoms with Gasteiger partial charge in [-0.15, -0.1) is 0 Å². The molecule has 0 unspecified atom stereocenters. The van der Waals surface area contributed by atoms with Gasteiger partial charge in [0.1, 0.15) is 0 Å². The van der Waals surface area contributed by atoms with E-state index in [1.807, 2.05) is 13.0 Å². The monoisotopic (exact) mass is 218 g/mol. The van der Waals surface area contributed by atoms with Crippen LogP contribution in [-0.4, -0.2) is 12.5 Å². The third kappa shape index (κ3) is 3.29. The number of carbonyl (C=O) groups excluding carboxylic acids is 1. The first-order chi connectivity index (χ1) is 7.79. The lowest BCUT2D eigenvalue weighted by Gasteiger charge is -2.07. The van der Waals surface area contributed by atoms with Crippen molar-refractivity contribution in [2.24, 2.45) is 5.11 Å². The Kier molecular flexibility index (Phi) is 4.89. The van der Waals surface area contributed by atoms with E-state index in [1.165, 1.54) is 0 Å². The number of amides is 1. The van der Waals surface area contributed by atoms with E-state index in [-0.39, 0.29) is 12.5 Å². The molecule has 0 aliphatic rings. The van der Waals surface area contributed by atoms with E-state index in [4.69, 9.17) is 5.53 Å². The van der Waals surface area contributed by atoms with Crippen LogP contribution in [0.5, 0.6) is 0 Å². The van der Waals surface area contributed by atoms with Crippen molar-refractivity contribution in [3.05, 3.63) is 45.8 Å². The first-order valence-electron chi connectivity index (χ1n) is 5.16. The number of carbonyl (C=O) groups is 1. The molecule has 1 amide bonds. The van der Waals surface area contributed by atoms with Gasteiger partial charge in [0.15, 0.2) is 0 Å². The lowest BCUT2D eigenvalue weighted by molar-refractivity contribution is 0.0952. The van der Waals surface area contributed by atoms with E-state index in [9.17, 15) is 4.79 Å². The summed E-state index contributed by atoms with van der Waals surface area (Å²) in [6.45, 7) is 2.84. The van der Waals surface area contributed by atoms with Gasteiger partial charge in [0.05, 0.1) is 6.54 Å². The van der Waals surface area contributed by atoms with Crippen LogP contribution in [-0.2, 0) is 6.54 Å². The molecule has 0 saturated heterocycles. The van der Waals surface area contributed by atoms with Crippen LogP contribution in [0.4, 0.5) is 0 Å². The molecule has 0 fully saturated rings. The maximum absolute atomic E-state index is 11.7. The fourth-order valence-corrected chi connectivity index (χ4v) is 1.32. The molecule has 1 aromatic carbocycles. The molecule has 0 aliphatic carbocycles. The van der Waals surface area contributed by atoms with Crippen LogP contribution in [0.1, 0.15) is 29.3 Å². The van der Waals surface area contributed by atoms with Crippen LogP contribution in [0, 0.1) is 0 Å². The smallest absolute Gasteiger partial charge is 0.251 e. The molecule has 0 spiro atoms. The second-order valence-corrected chi connectivity index (χ2v) is 3.30. The molecule has 1 aromatic rings. The molecule has 0 heterocycles. The molecule has 84 valence electrons. The summed E-state index contributed by atoms with van der Waals surface area (Å²) in [4.78, 5) is 14.4. The maximum atomic E-state index is 11.7. The van der Waals surface area contributed by atoms with Crippen LogP contribution in [0.25, 0.3) is 10.4 Å². The van der Waals surface area contributed by atoms with Crippen molar-refractivity contribution < 1.29 is 4.79 Å². The largest absolute Gasteiger partial charge is 0.352 e. The van der Waals surface area contributed by atoms with Gasteiger partial charge < -0.3 is 5.32 Å². The van der Waals surface area contributed by atoms with Gasteiger partial charge in [-0.3, -0.25) is 4.79 Å². The molecule has 1 N–H and O–H groups in total. The van der Waals surface area contributed by atoms with Crippen molar-refractivity contribution in [2.45, 2.75) is 19.9 Å². The fraction of sp³-hybridized carbons (Fsp3) is 0.364. The van der Waals surface area contributed by atoms with Crippen molar-refractivity contribution in [1.29, 1.82) is 0 Å². The first-order valence-corrected chi connectivity index (χ1v) is 5.16. The zero-order valence-electron chi connectivity index (χ0n) is 9.18. The van der Waals surface area contributed by atoms with E-state index < -0.39 is 0 Å². The van der Waals surface area contributed by atoms with Crippen LogP contribution in [0.3, 0.4) is 0 Å². The number of azide groups is 1. The highest BCUT2D eigenvalue weighted by Crippen LogP contribution is 2.10. The highest BCUT2D eigenvalue weighted by atomic mass is 16.1. The summed E-state index contributed by atoms with van der Waals surface area (Å²) < 4.78 is 0. The topological polar surface area (TPSA) is 77.9 Å². The number of rotatable bonds is 5. The number of hydrogen-bond donors (Lipinski definition) is 1. The molecule has 0 atom stereocenters. The summed E-state index contributed by atoms with van der Waals surface area (Å²) in [7, 11) is 0. The quantitative estimate of drug-likeness (QED) is 0.460. The second-order valence-electron chi connectivity index (χ2n) is 3.30. The van der Waals surface area contributed by atoms with Gasteiger partial charge in [0.2, 0.25) is 0 Å². The zero-order valence-corrected chi connectivity index (χ0v) is 9.18. The van der Waals surface area contributed by atoms with Gasteiger partial charge in [-0.25, -0.2) is 0 Å². The van der Waals surface area contributed by atoms with E-state index in [1.54, 1.807) is 18.2 Å². The van der Waals surface area contributed by atoms with Crippen LogP contribution < -0.4 is 5.32 Å². The SMILES string of the molecule is CCCNC(=O)c1ccccc1CN=[N+]=[N-]. The van der Waals surface area contributed by atoms with Crippen molar-refractivity contribution in [1.82, 2.24) is 5.32 Å². The van der Waals surface area contributed by atoms with E-state index >= 15 is 0 Å². The molecule has 0 bridgehead atoms. The molecule has 0 aromatic heterocycles. The third-order valence-electron chi connectivity index (χ3n) is 2.10. The number of nitrogens with one attached hydrogen (secondary N) is 1. The fourth-order valence-electron chi connectivity index (χ4n) is 1.32. The van der Waals surface area contributed by atoms with E-state index in [2.05, 4.69) is 15.3 Å². The Balaban J connectivity index is 2.84. The standard InChI is InChI=1S/C11H14N4O/c1-2-7-13-11(16)10-6-4-3-5-9(10)8-14-15-12/h3-6H,2,7-8H2,1H3,(H,13,16). The van der Waals surface area contributed by atoms with Gasteiger partial charge in [0.25, 0.3) is 5.91 Å². The predicted molar refractivity (Wildman–Crippen MR) is 61.9 cm³/mol. The molecule has 0 radical (unpaired) electrons. The Morgan fingerprint density at radius 2 is 2.25 bits per heavy atom. The normalized spacial score (nSPS) is 9.31. The number of nitrogens with zero attached hydrogens (tertiary/aromatic N) is 3. The minimum absolute atomic E-state index is 0.120. The molecule has 1 rings (SSSR count). The van der Waals surface area contributed by atoms with Gasteiger partial charge in [0, 0.05) is 17.0 Å². The maximum Gasteiger partial charge on any atom is 0.251 e. The summed E-state index contributed by atoms with van der Waals surface area (Å²) in [5.74, 6) is -0.120. The molecular formula is C11H14N4O. The Morgan fingerprint density at radius 3 is 2.94 bits per heavy atom. The summed E-state index contributed by atoms with van der Waals surface area (Å²) in [5, 5.41) is 6.26. The van der Waals surface area contributed by atoms with Gasteiger partial charge in [-0.1, -0.05) is 30.2 Å². The summed E-state index contributed by atoms with van der Waals surface area (Å²) in [5.41, 5.74) is 9.57. The minimum Gasteiger partial charge on any atom is -0.352 e. The van der Waals surface area contributed by atoms with Crippen LogP contribution >= 0.6 is 0 Å². The molecular weight excluding hydrogens is 204 g/mol. The van der Waals surface area contributed by atoms with E-state index in [0.717, 1.165) is 12.0 Å². The average Bonchev–Trinajstić information content (AvgIpc) is 2.33. The Hall–Kier alpha value is -2.00. The van der Waals surface area contributed by atoms with Gasteiger partial charge >= 0.3 is 0 Å². The molecule has 16 heavy (non-hydrogen) atoms. The predicted octanol–water partition coefficient (Wildman–Crippen LogP) is 2.64. The lowest BCUT2D eigenvalue weighted by Crippen LogP contribution is -2.25. The van der Waals surface area contributed by atoms with Crippen molar-refractivity contribution in [3.63, 3.8) is 0 Å². The highest BCUT2D eigenvalue weighted by molar-refractivity contribution is 5.95. The zero-order chi connectivity index (χ0) is 11.8. The highest BCUT2D eigenvalue weighted by Gasteiger charge is 2.08. The van der Waals surface area contributed by atoms with Crippen LogP contribution in [0.15, 0.2) is 29.4 Å². The Bertz CT molecular complexity index is 410. The Labute approximate surface area is 94.1 Å². The van der Waals surface area contributed by atoms with Crippen molar-refractivity contribution >= 4 is 5.91 Å². The second kappa shape index (κ2) is 6.48. The van der Waals surface area contributed by atoms with Gasteiger partial charge in [-0.2, -0.15) is 0 Å². The summed E-state index contributed by atoms with van der Waals surface area (Å²) in [6.07, 6.45) is 0.893. The summed E-state index contributed by atoms with van der Waals surface area (Å²) in [6, 6.07) is 7.13. The number of benzene rings is 1.